The van der Waals surface area contributed by atoms with Gasteiger partial charge in [-0.25, -0.2) is 4.98 Å². The summed E-state index contributed by atoms with van der Waals surface area (Å²) in [5, 5.41) is 2.38. The summed E-state index contributed by atoms with van der Waals surface area (Å²) in [4.78, 5) is 9.57. The molecular weight excluding hydrogens is 649 g/mol. The largest absolute Gasteiger partial charge is 0.457 e. The van der Waals surface area contributed by atoms with Gasteiger partial charge in [0.1, 0.15) is 17.3 Å². The van der Waals surface area contributed by atoms with E-state index in [0.717, 1.165) is 53.5 Å². The molecule has 0 atom stereocenters. The van der Waals surface area contributed by atoms with Gasteiger partial charge < -0.3 is 14.5 Å². The number of ether oxygens (including phenoxy) is 1. The lowest BCUT2D eigenvalue weighted by molar-refractivity contribution is 0.479. The van der Waals surface area contributed by atoms with Gasteiger partial charge in [0.15, 0.2) is 0 Å². The molecule has 0 amide bonds. The van der Waals surface area contributed by atoms with E-state index >= 15 is 0 Å². The van der Waals surface area contributed by atoms with E-state index in [1.165, 1.54) is 38.7 Å². The van der Waals surface area contributed by atoms with Gasteiger partial charge in [0, 0.05) is 52.9 Å². The van der Waals surface area contributed by atoms with Crippen molar-refractivity contribution in [1.29, 1.82) is 0 Å². The van der Waals surface area contributed by atoms with Gasteiger partial charge in [-0.3, -0.25) is 4.57 Å². The molecule has 2 aromatic heterocycles. The van der Waals surface area contributed by atoms with E-state index in [9.17, 15) is 0 Å². The minimum atomic E-state index is -0.0612. The molecule has 0 aliphatic carbocycles. The van der Waals surface area contributed by atoms with Crippen LogP contribution in [0.15, 0.2) is 110 Å². The molecule has 0 N–H and O–H groups in total. The van der Waals surface area contributed by atoms with E-state index < -0.39 is 0 Å². The third-order valence-corrected chi connectivity index (χ3v) is 10.2. The topological polar surface area (TPSA) is 33.5 Å². The molecule has 7 rings (SSSR count). The van der Waals surface area contributed by atoms with Crippen LogP contribution in [0.25, 0.3) is 27.6 Å². The van der Waals surface area contributed by atoms with Gasteiger partial charge in [0.2, 0.25) is 0 Å². The van der Waals surface area contributed by atoms with E-state index in [1.807, 2.05) is 6.20 Å². The van der Waals surface area contributed by atoms with Gasteiger partial charge in [0.05, 0.1) is 17.7 Å². The molecule has 0 spiro atoms. The number of fused-ring (bicyclic) bond motifs is 3. The van der Waals surface area contributed by atoms with Crippen LogP contribution in [0.3, 0.4) is 0 Å². The van der Waals surface area contributed by atoms with Gasteiger partial charge in [-0.2, -0.15) is 0 Å². The molecule has 0 unspecified atom stereocenters. The number of hydrogen-bond acceptors (Lipinski definition) is 4. The Bertz CT molecular complexity index is 2270. The number of benzene rings is 4. The van der Waals surface area contributed by atoms with Crippen molar-refractivity contribution in [2.24, 2.45) is 11.8 Å². The fourth-order valence-electron chi connectivity index (χ4n) is 7.49. The van der Waals surface area contributed by atoms with Crippen LogP contribution in [-0.2, 0) is 23.7 Å². The van der Waals surface area contributed by atoms with Crippen LogP contribution in [0.2, 0.25) is 0 Å². The van der Waals surface area contributed by atoms with Crippen molar-refractivity contribution in [3.05, 3.63) is 132 Å². The Morgan fingerprint density at radius 1 is 0.604 bits per heavy atom. The first-order valence-electron chi connectivity index (χ1n) is 19.3. The number of hydrogen-bond donors (Lipinski definition) is 0. The molecule has 0 fully saturated rings. The first kappa shape index (κ1) is 36.3. The van der Waals surface area contributed by atoms with Gasteiger partial charge in [0.25, 0.3) is 0 Å². The summed E-state index contributed by atoms with van der Waals surface area (Å²) in [6, 6.07) is 33.2. The summed E-state index contributed by atoms with van der Waals surface area (Å²) in [7, 11) is 0. The quantitative estimate of drug-likeness (QED) is 0.150. The number of pyridine rings is 1. The molecule has 274 valence electrons. The number of aromatic nitrogens is 2. The normalized spacial score (nSPS) is 13.7. The van der Waals surface area contributed by atoms with E-state index in [4.69, 9.17) is 9.72 Å². The predicted octanol–water partition coefficient (Wildman–Crippen LogP) is 12.7. The van der Waals surface area contributed by atoms with Crippen molar-refractivity contribution in [3.8, 4) is 17.3 Å². The van der Waals surface area contributed by atoms with Crippen molar-refractivity contribution in [2.45, 2.75) is 92.9 Å². The molecule has 4 aromatic carbocycles. The highest BCUT2D eigenvalue weighted by Gasteiger charge is 2.23. The molecule has 53 heavy (non-hydrogen) atoms. The van der Waals surface area contributed by atoms with Crippen LogP contribution >= 0.6 is 0 Å². The number of nitrogens with zero attached hydrogens (tertiary/aromatic N) is 4. The van der Waals surface area contributed by atoms with Gasteiger partial charge in [-0.1, -0.05) is 93.5 Å². The van der Waals surface area contributed by atoms with Crippen molar-refractivity contribution in [2.75, 3.05) is 16.5 Å². The maximum atomic E-state index is 6.81. The minimum Gasteiger partial charge on any atom is -0.457 e. The standard InChI is InChI=1S/C48H56N4O/c1-32(2)21-34-23-35(22-33(3)4)25-38(24-34)50-19-20-51(31-50)39-26-37(48(8,9)10)27-41(29-39)53-40-15-16-43-42-13-11-12-14-44(42)52(45(43)30-40)46-28-36(17-18-49-46)47(5,6)7/h11-20,23-30,32-33H,21-22,31H2,1-10H3. The van der Waals surface area contributed by atoms with Gasteiger partial charge in [-0.05, 0) is 112 Å². The SMILES string of the molecule is CC(C)Cc1cc(CC(C)C)cc(N2C=CN(c3cc(Oc4ccc5c6ccccc6n(-c6cc(C(C)(C)C)ccn6)c5c4)cc(C(C)(C)C)c3)C2)c1. The molecule has 0 radical (unpaired) electrons. The Balaban J connectivity index is 1.23. The highest BCUT2D eigenvalue weighted by Crippen LogP contribution is 2.39. The highest BCUT2D eigenvalue weighted by molar-refractivity contribution is 6.09. The Morgan fingerprint density at radius 3 is 1.87 bits per heavy atom. The van der Waals surface area contributed by atoms with Gasteiger partial charge in [-0.15, -0.1) is 0 Å². The smallest absolute Gasteiger partial charge is 0.137 e. The zero-order valence-electron chi connectivity index (χ0n) is 33.4. The first-order chi connectivity index (χ1) is 25.1. The predicted molar refractivity (Wildman–Crippen MR) is 225 cm³/mol. The van der Waals surface area contributed by atoms with E-state index in [-0.39, 0.29) is 10.8 Å². The average molecular weight is 705 g/mol. The van der Waals surface area contributed by atoms with Crippen molar-refractivity contribution < 1.29 is 4.74 Å². The lowest BCUT2D eigenvalue weighted by Gasteiger charge is -2.26. The highest BCUT2D eigenvalue weighted by atomic mass is 16.5. The summed E-state index contributed by atoms with van der Waals surface area (Å²) in [6.07, 6.45) is 8.51. The van der Waals surface area contributed by atoms with Crippen molar-refractivity contribution in [3.63, 3.8) is 0 Å². The zero-order chi connectivity index (χ0) is 37.7. The second-order valence-corrected chi connectivity index (χ2v) is 17.8. The van der Waals surface area contributed by atoms with E-state index in [0.29, 0.717) is 11.8 Å². The molecule has 0 saturated carbocycles. The number of para-hydroxylation sites is 1. The summed E-state index contributed by atoms with van der Waals surface area (Å²) < 4.78 is 9.08. The van der Waals surface area contributed by atoms with Crippen LogP contribution in [0.5, 0.6) is 11.5 Å². The van der Waals surface area contributed by atoms with E-state index in [1.54, 1.807) is 0 Å². The lowest BCUT2D eigenvalue weighted by atomic mass is 9.86. The maximum absolute atomic E-state index is 6.81. The Labute approximate surface area is 316 Å². The second kappa shape index (κ2) is 14.1. The van der Waals surface area contributed by atoms with Crippen LogP contribution in [0, 0.1) is 11.8 Å². The number of anilines is 2. The molecule has 0 saturated heterocycles. The van der Waals surface area contributed by atoms with Gasteiger partial charge >= 0.3 is 0 Å². The summed E-state index contributed by atoms with van der Waals surface area (Å²) in [5.74, 6) is 3.76. The van der Waals surface area contributed by atoms with Crippen LogP contribution in [0.1, 0.15) is 91.5 Å². The van der Waals surface area contributed by atoms with Crippen LogP contribution < -0.4 is 14.5 Å². The Morgan fingerprint density at radius 2 is 1.23 bits per heavy atom. The monoisotopic (exact) mass is 704 g/mol. The Kier molecular flexibility index (Phi) is 9.65. The Hall–Kier alpha value is -5.03. The molecule has 5 heteroatoms. The lowest BCUT2D eigenvalue weighted by Crippen LogP contribution is -2.25. The zero-order valence-corrected chi connectivity index (χ0v) is 33.4. The molecule has 5 nitrogen and oxygen atoms in total. The van der Waals surface area contributed by atoms with Crippen molar-refractivity contribution in [1.82, 2.24) is 9.55 Å². The first-order valence-corrected chi connectivity index (χ1v) is 19.3. The molecule has 3 heterocycles. The molecule has 6 aromatic rings. The van der Waals surface area contributed by atoms with Crippen LogP contribution in [0.4, 0.5) is 11.4 Å². The second-order valence-electron chi connectivity index (χ2n) is 17.8. The third kappa shape index (κ3) is 7.85. The van der Waals surface area contributed by atoms with Crippen LogP contribution in [-0.4, -0.2) is 16.2 Å². The number of rotatable bonds is 9. The molecule has 0 bridgehead atoms. The summed E-state index contributed by atoms with van der Waals surface area (Å²) >= 11 is 0. The maximum Gasteiger partial charge on any atom is 0.137 e. The summed E-state index contributed by atoms with van der Waals surface area (Å²) in [6.45, 7) is 23.5. The molecular formula is C48H56N4O. The third-order valence-electron chi connectivity index (χ3n) is 10.2. The molecule has 1 aliphatic heterocycles. The van der Waals surface area contributed by atoms with Crippen molar-refractivity contribution >= 4 is 33.2 Å². The minimum absolute atomic E-state index is 0.0105. The van der Waals surface area contributed by atoms with E-state index in [2.05, 4.69) is 187 Å². The molecule has 1 aliphatic rings. The fourth-order valence-corrected chi connectivity index (χ4v) is 7.49. The average Bonchev–Trinajstić information content (AvgIpc) is 3.70. The summed E-state index contributed by atoms with van der Waals surface area (Å²) in [5.41, 5.74) is 9.84. The fraction of sp³-hybridized carbons (Fsp3) is 0.354.